The fraction of sp³-hybridized carbons (Fsp3) is 0.333. The van der Waals surface area contributed by atoms with Crippen molar-refractivity contribution in [2.75, 3.05) is 11.1 Å². The lowest BCUT2D eigenvalue weighted by Crippen LogP contribution is -2.12. The number of hydrogen-bond donors (Lipinski definition) is 1. The number of nitrogens with zero attached hydrogens (tertiary/aromatic N) is 3. The second-order valence-electron chi connectivity index (χ2n) is 5.74. The molecule has 0 saturated carbocycles. The number of hydrogen-bond acceptors (Lipinski definition) is 7. The van der Waals surface area contributed by atoms with Gasteiger partial charge in [-0.1, -0.05) is 41.5 Å². The molecule has 1 aromatic carbocycles. The van der Waals surface area contributed by atoms with Crippen LogP contribution >= 0.6 is 11.8 Å². The summed E-state index contributed by atoms with van der Waals surface area (Å²) >= 11 is 1.56. The Hall–Kier alpha value is -2.61. The highest BCUT2D eigenvalue weighted by Gasteiger charge is 2.10. The van der Waals surface area contributed by atoms with Gasteiger partial charge in [0.1, 0.15) is 5.76 Å². The minimum absolute atomic E-state index is 0.104. The average Bonchev–Trinajstić information content (AvgIpc) is 3.28. The molecule has 26 heavy (non-hydrogen) atoms. The van der Waals surface area contributed by atoms with Crippen molar-refractivity contribution in [1.29, 1.82) is 0 Å². The monoisotopic (exact) mass is 372 g/mol. The maximum absolute atomic E-state index is 11.8. The Labute approximate surface area is 155 Å². The lowest BCUT2D eigenvalue weighted by molar-refractivity contribution is -0.115. The number of thioether (sulfide) groups is 1. The van der Waals surface area contributed by atoms with E-state index in [1.165, 1.54) is 5.56 Å². The molecule has 7 nitrogen and oxygen atoms in total. The molecule has 0 aliphatic carbocycles. The van der Waals surface area contributed by atoms with Gasteiger partial charge in [-0.2, -0.15) is 16.7 Å². The molecule has 0 radical (unpaired) electrons. The van der Waals surface area contributed by atoms with E-state index in [1.54, 1.807) is 24.8 Å². The van der Waals surface area contributed by atoms with Crippen molar-refractivity contribution < 1.29 is 13.8 Å². The number of aryl methyl sites for hydroxylation is 2. The summed E-state index contributed by atoms with van der Waals surface area (Å²) < 4.78 is 10.2. The van der Waals surface area contributed by atoms with Gasteiger partial charge in [0.05, 0.1) is 5.75 Å². The normalized spacial score (nSPS) is 10.8. The Kier molecular flexibility index (Phi) is 6.06. The van der Waals surface area contributed by atoms with Gasteiger partial charge in [-0.05, 0) is 18.9 Å². The Bertz CT molecular complexity index is 857. The third kappa shape index (κ3) is 4.95. The fourth-order valence-corrected chi connectivity index (χ4v) is 3.04. The molecule has 8 heteroatoms. The van der Waals surface area contributed by atoms with Crippen LogP contribution in [0.4, 0.5) is 5.82 Å². The largest absolute Gasteiger partial charge is 0.360 e. The van der Waals surface area contributed by atoms with Gasteiger partial charge in [-0.15, -0.1) is 0 Å². The maximum atomic E-state index is 11.8. The summed E-state index contributed by atoms with van der Waals surface area (Å²) in [4.78, 5) is 16.2. The van der Waals surface area contributed by atoms with Crippen molar-refractivity contribution in [1.82, 2.24) is 15.3 Å². The van der Waals surface area contributed by atoms with Crippen molar-refractivity contribution >= 4 is 23.5 Å². The van der Waals surface area contributed by atoms with Gasteiger partial charge in [-0.3, -0.25) is 4.79 Å². The molecule has 1 amide bonds. The van der Waals surface area contributed by atoms with Crippen LogP contribution in [0.25, 0.3) is 11.4 Å². The van der Waals surface area contributed by atoms with Crippen LogP contribution in [-0.4, -0.2) is 27.0 Å². The summed E-state index contributed by atoms with van der Waals surface area (Å²) in [5.74, 6) is 3.34. The Morgan fingerprint density at radius 2 is 2.00 bits per heavy atom. The van der Waals surface area contributed by atoms with Gasteiger partial charge in [0.2, 0.25) is 17.6 Å². The zero-order valence-electron chi connectivity index (χ0n) is 14.7. The number of anilines is 1. The predicted molar refractivity (Wildman–Crippen MR) is 99.8 cm³/mol. The highest BCUT2D eigenvalue weighted by molar-refractivity contribution is 7.98. The van der Waals surface area contributed by atoms with E-state index in [0.29, 0.717) is 41.2 Å². The SMILES string of the molecule is CCc1ccc(-c2noc(CSCCC(=O)Nc3cc(C)on3)n2)cc1. The van der Waals surface area contributed by atoms with Gasteiger partial charge in [0.15, 0.2) is 5.82 Å². The van der Waals surface area contributed by atoms with Crippen LogP contribution in [0.1, 0.15) is 30.6 Å². The number of carbonyl (C=O) groups excluding carboxylic acids is 1. The molecule has 136 valence electrons. The highest BCUT2D eigenvalue weighted by atomic mass is 32.2. The molecule has 0 fully saturated rings. The number of nitrogens with one attached hydrogen (secondary N) is 1. The third-order valence-corrected chi connectivity index (χ3v) is 4.63. The van der Waals surface area contributed by atoms with Gasteiger partial charge >= 0.3 is 0 Å². The van der Waals surface area contributed by atoms with E-state index in [1.807, 2.05) is 12.1 Å². The molecule has 0 saturated heterocycles. The highest BCUT2D eigenvalue weighted by Crippen LogP contribution is 2.19. The van der Waals surface area contributed by atoms with Crippen LogP contribution in [0.3, 0.4) is 0 Å². The summed E-state index contributed by atoms with van der Waals surface area (Å²) in [6.45, 7) is 3.89. The molecular weight excluding hydrogens is 352 g/mol. The summed E-state index contributed by atoms with van der Waals surface area (Å²) in [5.41, 5.74) is 2.21. The van der Waals surface area contributed by atoms with E-state index in [4.69, 9.17) is 9.05 Å². The third-order valence-electron chi connectivity index (χ3n) is 3.68. The molecule has 2 aromatic heterocycles. The summed E-state index contributed by atoms with van der Waals surface area (Å²) in [7, 11) is 0. The fourth-order valence-electron chi connectivity index (χ4n) is 2.28. The molecule has 0 unspecified atom stereocenters. The van der Waals surface area contributed by atoms with Crippen molar-refractivity contribution in [2.24, 2.45) is 0 Å². The smallest absolute Gasteiger partial charge is 0.236 e. The number of benzene rings is 1. The maximum Gasteiger partial charge on any atom is 0.236 e. The first-order chi connectivity index (χ1) is 12.6. The van der Waals surface area contributed by atoms with Gasteiger partial charge in [-0.25, -0.2) is 0 Å². The predicted octanol–water partition coefficient (Wildman–Crippen LogP) is 3.86. The molecule has 2 heterocycles. The molecule has 0 aliphatic heterocycles. The van der Waals surface area contributed by atoms with E-state index in [-0.39, 0.29) is 5.91 Å². The van der Waals surface area contributed by atoms with Crippen LogP contribution in [0.15, 0.2) is 39.4 Å². The van der Waals surface area contributed by atoms with E-state index < -0.39 is 0 Å². The molecule has 0 spiro atoms. The molecule has 3 aromatic rings. The minimum atomic E-state index is -0.104. The molecule has 3 rings (SSSR count). The van der Waals surface area contributed by atoms with E-state index in [0.717, 1.165) is 12.0 Å². The second-order valence-corrected chi connectivity index (χ2v) is 6.84. The number of amides is 1. The average molecular weight is 372 g/mol. The Morgan fingerprint density at radius 3 is 2.69 bits per heavy atom. The molecule has 1 N–H and O–H groups in total. The van der Waals surface area contributed by atoms with Gasteiger partial charge in [0.25, 0.3) is 0 Å². The van der Waals surface area contributed by atoms with Crippen molar-refractivity contribution in [3.63, 3.8) is 0 Å². The van der Waals surface area contributed by atoms with Gasteiger partial charge < -0.3 is 14.4 Å². The van der Waals surface area contributed by atoms with Crippen molar-refractivity contribution in [2.45, 2.75) is 32.4 Å². The molecule has 0 bridgehead atoms. The minimum Gasteiger partial charge on any atom is -0.360 e. The number of carbonyl (C=O) groups is 1. The number of rotatable bonds is 8. The first kappa shape index (κ1) is 18.2. The summed E-state index contributed by atoms with van der Waals surface area (Å²) in [5, 5.41) is 10.4. The van der Waals surface area contributed by atoms with Crippen LogP contribution < -0.4 is 5.32 Å². The van der Waals surface area contributed by atoms with Gasteiger partial charge in [0, 0.05) is 23.8 Å². The van der Waals surface area contributed by atoms with Crippen LogP contribution in [0, 0.1) is 6.92 Å². The first-order valence-electron chi connectivity index (χ1n) is 8.37. The van der Waals surface area contributed by atoms with E-state index in [2.05, 4.69) is 39.7 Å². The van der Waals surface area contributed by atoms with Crippen LogP contribution in [0.5, 0.6) is 0 Å². The van der Waals surface area contributed by atoms with Crippen LogP contribution in [0.2, 0.25) is 0 Å². The first-order valence-corrected chi connectivity index (χ1v) is 9.52. The Morgan fingerprint density at radius 1 is 1.19 bits per heavy atom. The molecule has 0 atom stereocenters. The van der Waals surface area contributed by atoms with Crippen LogP contribution in [-0.2, 0) is 17.0 Å². The topological polar surface area (TPSA) is 94.1 Å². The Balaban J connectivity index is 1.42. The lowest BCUT2D eigenvalue weighted by atomic mass is 10.1. The van der Waals surface area contributed by atoms with Crippen molar-refractivity contribution in [3.8, 4) is 11.4 Å². The van der Waals surface area contributed by atoms with E-state index in [9.17, 15) is 4.79 Å². The number of aromatic nitrogens is 3. The summed E-state index contributed by atoms with van der Waals surface area (Å²) in [6.07, 6.45) is 1.37. The molecule has 0 aliphatic rings. The van der Waals surface area contributed by atoms with E-state index >= 15 is 0 Å². The molecular formula is C18H20N4O3S. The zero-order chi connectivity index (χ0) is 18.4. The second kappa shape index (κ2) is 8.66. The summed E-state index contributed by atoms with van der Waals surface area (Å²) in [6, 6.07) is 9.80. The lowest BCUT2D eigenvalue weighted by Gasteiger charge is -2.00. The van der Waals surface area contributed by atoms with Crippen molar-refractivity contribution in [3.05, 3.63) is 47.5 Å². The quantitative estimate of drug-likeness (QED) is 0.600. The standard InChI is InChI=1S/C18H20N4O3S/c1-3-13-4-6-14(7-5-13)18-20-17(25-22-18)11-26-9-8-16(23)19-15-10-12(2)24-21-15/h4-7,10H,3,8-9,11H2,1-2H3,(H,19,21,23). The zero-order valence-corrected chi connectivity index (χ0v) is 15.5.